The summed E-state index contributed by atoms with van der Waals surface area (Å²) in [5, 5.41) is 0. The summed E-state index contributed by atoms with van der Waals surface area (Å²) in [7, 11) is 0. The minimum atomic E-state index is -0.0856. The molecule has 7 heavy (non-hydrogen) atoms. The molecule has 0 unspecified atom stereocenters. The van der Waals surface area contributed by atoms with Gasteiger partial charge in [0.25, 0.3) is 0 Å². The lowest BCUT2D eigenvalue weighted by Crippen LogP contribution is -1.79. The third-order valence-corrected chi connectivity index (χ3v) is 0.634. The molecule has 0 atom stereocenters. The Kier molecular flexibility index (Phi) is 0.355. The minimum absolute atomic E-state index is 0.0343. The van der Waals surface area contributed by atoms with Crippen LogP contribution in [-0.2, 0) is 0 Å². The Morgan fingerprint density at radius 1 is 1.71 bits per heavy atom. The lowest BCUT2D eigenvalue weighted by atomic mass is 10.3. The normalized spacial score (nSPS) is 16.0. The zero-order valence-corrected chi connectivity index (χ0v) is 3.68. The molecule has 1 heteroatoms. The van der Waals surface area contributed by atoms with Crippen LogP contribution < -0.4 is 5.72 Å². The van der Waals surface area contributed by atoms with Crippen LogP contribution >= 0.6 is 0 Å². The Labute approximate surface area is 48.5 Å². The maximum absolute atomic E-state index is 7.26. The van der Waals surface area contributed by atoms with Crippen molar-refractivity contribution in [3.63, 3.8) is 0 Å². The monoisotopic (exact) mass is 97.1 g/mol. The highest BCUT2D eigenvalue weighted by Crippen LogP contribution is 1.95. The molecule has 1 aromatic carbocycles. The lowest BCUT2D eigenvalue weighted by Gasteiger charge is -1.83. The number of para-hydroxylation sites is 1. The van der Waals surface area contributed by atoms with Gasteiger partial charge < -0.3 is 5.72 Å². The van der Waals surface area contributed by atoms with Crippen LogP contribution in [0.4, 0.5) is 5.69 Å². The van der Waals surface area contributed by atoms with Gasteiger partial charge in [-0.2, -0.15) is 0 Å². The molecule has 1 rings (SSSR count). The van der Waals surface area contributed by atoms with E-state index in [9.17, 15) is 0 Å². The van der Waals surface area contributed by atoms with Gasteiger partial charge in [0, 0.05) is 5.69 Å². The van der Waals surface area contributed by atoms with Crippen molar-refractivity contribution in [3.05, 3.63) is 30.3 Å². The zero-order valence-electron chi connectivity index (χ0n) is 7.68. The van der Waals surface area contributed by atoms with Crippen LogP contribution in [0.3, 0.4) is 0 Å². The van der Waals surface area contributed by atoms with E-state index in [2.05, 4.69) is 0 Å². The van der Waals surface area contributed by atoms with Gasteiger partial charge >= 0.3 is 0 Å². The first kappa shape index (κ1) is 1.51. The van der Waals surface area contributed by atoms with Crippen LogP contribution in [0.1, 0.15) is 2.74 Å². The van der Waals surface area contributed by atoms with E-state index in [0.717, 1.165) is 0 Å². The Hall–Kier alpha value is -0.980. The molecule has 1 nitrogen and oxygen atoms in total. The van der Waals surface area contributed by atoms with E-state index in [1.165, 1.54) is 12.1 Å². The topological polar surface area (TPSA) is 26.0 Å². The van der Waals surface area contributed by atoms with Crippen LogP contribution in [0.5, 0.6) is 0 Å². The molecular weight excluding hydrogens is 86.1 g/mol. The van der Waals surface area contributed by atoms with E-state index < -0.39 is 0 Å². The molecule has 0 amide bonds. The SMILES string of the molecule is [2H]c1cccc(N([2H])[2H])c1[2H]. The van der Waals surface area contributed by atoms with Crippen molar-refractivity contribution >= 4 is 5.69 Å². The summed E-state index contributed by atoms with van der Waals surface area (Å²) in [4.78, 5) is 0. The van der Waals surface area contributed by atoms with Crippen molar-refractivity contribution in [2.45, 2.75) is 0 Å². The number of benzene rings is 1. The van der Waals surface area contributed by atoms with E-state index >= 15 is 0 Å². The summed E-state index contributed by atoms with van der Waals surface area (Å²) in [6.45, 7) is 0. The lowest BCUT2D eigenvalue weighted by molar-refractivity contribution is 1.69. The molecule has 0 saturated heterocycles. The van der Waals surface area contributed by atoms with Crippen molar-refractivity contribution < 1.29 is 5.57 Å². The third-order valence-electron chi connectivity index (χ3n) is 0.634. The summed E-state index contributed by atoms with van der Waals surface area (Å²) in [5.41, 5.74) is 0.456. The summed E-state index contributed by atoms with van der Waals surface area (Å²) in [6.07, 6.45) is 0. The molecule has 0 spiro atoms. The number of nitrogens with two attached hydrogens (primary N) is 1. The molecule has 0 aliphatic carbocycles. The first-order chi connectivity index (χ1) is 5.13. The number of hydrogen-bond donors (Lipinski definition) is 1. The maximum atomic E-state index is 7.26. The van der Waals surface area contributed by atoms with Gasteiger partial charge in [-0.3, -0.25) is 0 Å². The van der Waals surface area contributed by atoms with E-state index in [1.807, 2.05) is 0 Å². The molecule has 0 aliphatic rings. The Bertz CT molecular complexity index is 261. The van der Waals surface area contributed by atoms with Crippen LogP contribution in [-0.4, -0.2) is 0 Å². The molecule has 0 radical (unpaired) electrons. The zero-order chi connectivity index (χ0) is 8.43. The average Bonchev–Trinajstić information content (AvgIpc) is 1.94. The van der Waals surface area contributed by atoms with Gasteiger partial charge in [0.2, 0.25) is 0 Å². The van der Waals surface area contributed by atoms with Gasteiger partial charge in [0.1, 0.15) is 0 Å². The van der Waals surface area contributed by atoms with Crippen LogP contribution in [0, 0.1) is 0 Å². The summed E-state index contributed by atoms with van der Waals surface area (Å²) in [5.74, 6) is 0. The first-order valence-corrected chi connectivity index (χ1v) is 1.97. The average molecular weight is 97.2 g/mol. The van der Waals surface area contributed by atoms with Gasteiger partial charge in [-0.15, -0.1) is 0 Å². The fourth-order valence-electron chi connectivity index (χ4n) is 0.345. The molecular formula is C6H7N. The molecule has 0 saturated carbocycles. The van der Waals surface area contributed by atoms with Gasteiger partial charge in [-0.1, -0.05) is 18.2 Å². The Morgan fingerprint density at radius 2 is 2.71 bits per heavy atom. The van der Waals surface area contributed by atoms with Crippen LogP contribution in [0.25, 0.3) is 0 Å². The molecule has 0 aliphatic heterocycles. The van der Waals surface area contributed by atoms with Crippen molar-refractivity contribution in [2.75, 3.05) is 5.72 Å². The van der Waals surface area contributed by atoms with E-state index in [0.29, 0.717) is 5.72 Å². The highest BCUT2D eigenvalue weighted by atomic mass is 14.5. The quantitative estimate of drug-likeness (QED) is 0.525. The predicted molar refractivity (Wildman–Crippen MR) is 30.9 cm³/mol. The summed E-state index contributed by atoms with van der Waals surface area (Å²) < 4.78 is 28.1. The molecule has 0 heterocycles. The Morgan fingerprint density at radius 3 is 3.43 bits per heavy atom. The van der Waals surface area contributed by atoms with Crippen LogP contribution in [0.2, 0.25) is 2.82 Å². The number of rotatable bonds is 1. The Balaban J connectivity index is 3.17. The molecule has 0 fully saturated rings. The summed E-state index contributed by atoms with van der Waals surface area (Å²) in [6, 6.07) is 4.41. The number of hydrogen-bond acceptors (Lipinski definition) is 1. The van der Waals surface area contributed by atoms with Gasteiger partial charge in [0.15, 0.2) is 2.82 Å². The van der Waals surface area contributed by atoms with Crippen molar-refractivity contribution in [1.82, 2.24) is 0 Å². The largest absolute Gasteiger partial charge is 0.399 e. The number of anilines is 1. The fourth-order valence-corrected chi connectivity index (χ4v) is 0.345. The van der Waals surface area contributed by atoms with E-state index in [4.69, 9.17) is 5.57 Å². The fraction of sp³-hybridized carbons (Fsp3) is 0. The molecule has 1 aromatic rings. The number of nitrogen functional groups attached to an aromatic ring is 1. The maximum Gasteiger partial charge on any atom is 0.156 e. The molecule has 0 aromatic heterocycles. The second kappa shape index (κ2) is 1.65. The third kappa shape index (κ3) is 0.929. The molecule has 2 N–H and O–H groups in total. The first-order valence-electron chi connectivity index (χ1n) is 3.86. The predicted octanol–water partition coefficient (Wildman–Crippen LogP) is 1.27. The second-order valence-corrected chi connectivity index (χ2v) is 1.18. The highest BCUT2D eigenvalue weighted by Gasteiger charge is 1.72. The van der Waals surface area contributed by atoms with Crippen molar-refractivity contribution in [1.29, 1.82) is 0 Å². The molecule has 0 bridgehead atoms. The minimum Gasteiger partial charge on any atom is -0.399 e. The second-order valence-electron chi connectivity index (χ2n) is 1.18. The smallest absolute Gasteiger partial charge is 0.156 e. The van der Waals surface area contributed by atoms with Crippen molar-refractivity contribution in [3.8, 4) is 0 Å². The van der Waals surface area contributed by atoms with Crippen LogP contribution in [0.15, 0.2) is 30.3 Å². The van der Waals surface area contributed by atoms with Gasteiger partial charge in [0.05, 0.1) is 2.74 Å². The summed E-state index contributed by atoms with van der Waals surface area (Å²) >= 11 is 0. The standard InChI is InChI=1S/C6H7N/c7-6-4-2-1-3-5-6/h1-5H,7H2/i2D,4D/hD2. The van der Waals surface area contributed by atoms with E-state index in [-0.39, 0.29) is 17.8 Å². The van der Waals surface area contributed by atoms with Gasteiger partial charge in [-0.05, 0) is 12.1 Å². The van der Waals surface area contributed by atoms with Gasteiger partial charge in [-0.25, -0.2) is 0 Å². The van der Waals surface area contributed by atoms with E-state index in [1.54, 1.807) is 6.07 Å². The van der Waals surface area contributed by atoms with Crippen molar-refractivity contribution in [2.24, 2.45) is 0 Å². The highest BCUT2D eigenvalue weighted by molar-refractivity contribution is 5.35. The molecule has 36 valence electrons.